The molecule has 5 rings (SSSR count). The van der Waals surface area contributed by atoms with Crippen molar-refractivity contribution in [3.8, 4) is 0 Å². The fourth-order valence-corrected chi connectivity index (χ4v) is 8.79. The number of carbonyl (C=O) groups excluding carboxylic acids is 2. The maximum atomic E-state index is 13.7. The first-order valence-electron chi connectivity index (χ1n) is 11.2. The number of imide groups is 1. The fourth-order valence-electron chi connectivity index (χ4n) is 4.92. The summed E-state index contributed by atoms with van der Waals surface area (Å²) in [6, 6.07) is 25.0. The summed E-state index contributed by atoms with van der Waals surface area (Å²) < 4.78 is 3.99. The van der Waals surface area contributed by atoms with Crippen molar-refractivity contribution in [3.63, 3.8) is 0 Å². The number of rotatable bonds is 4. The monoisotopic (exact) mass is 461 g/mol. The van der Waals surface area contributed by atoms with Gasteiger partial charge in [-0.2, -0.15) is 0 Å². The molecule has 33 heavy (non-hydrogen) atoms. The molecule has 0 aliphatic carbocycles. The quantitative estimate of drug-likeness (QED) is 0.460. The number of anilines is 3. The number of benzene rings is 3. The van der Waals surface area contributed by atoms with Crippen LogP contribution in [0.25, 0.3) is 0 Å². The molecule has 3 aromatic rings. The Morgan fingerprint density at radius 1 is 0.727 bits per heavy atom. The zero-order valence-electron chi connectivity index (χ0n) is 18.8. The van der Waals surface area contributed by atoms with Crippen LogP contribution < -0.4 is 14.2 Å². The molecule has 2 saturated heterocycles. The summed E-state index contributed by atoms with van der Waals surface area (Å²) in [5.41, 5.74) is 3.76. The van der Waals surface area contributed by atoms with Crippen LogP contribution in [0.5, 0.6) is 0 Å². The van der Waals surface area contributed by atoms with Crippen molar-refractivity contribution in [2.24, 2.45) is 0 Å². The molecule has 1 atom stereocenters. The molecule has 1 unspecified atom stereocenters. The number of para-hydroxylation sites is 1. The molecular formula is C26H28N3O3P. The number of hydrogen-bond acceptors (Lipinski definition) is 5. The summed E-state index contributed by atoms with van der Waals surface area (Å²) in [5, 5.41) is 0. The first kappa shape index (κ1) is 21.6. The number of carbonyl (C=O) groups is 2. The van der Waals surface area contributed by atoms with E-state index >= 15 is 0 Å². The molecule has 1 N–H and O–H groups in total. The van der Waals surface area contributed by atoms with Crippen molar-refractivity contribution in [1.29, 1.82) is 0 Å². The number of amides is 2. The van der Waals surface area contributed by atoms with E-state index < -0.39 is 13.4 Å². The van der Waals surface area contributed by atoms with Crippen LogP contribution in [0.1, 0.15) is 17.5 Å². The van der Waals surface area contributed by atoms with Gasteiger partial charge in [-0.25, -0.2) is 0 Å². The van der Waals surface area contributed by atoms with E-state index in [4.69, 9.17) is 0 Å². The standard InChI is InChI=1S/C26H28N3O3P/c1-19-8-12-21(13-9-19)27-16-17-28(22-14-10-20(2)11-15-22)33(27,32)24-18-25(30)29(26(24)31)23-6-4-3-5-7-23/h3-15,24,32-33H,16-18H2,1-2H3. The molecule has 0 aromatic heterocycles. The predicted octanol–water partition coefficient (Wildman–Crippen LogP) is 4.45. The van der Waals surface area contributed by atoms with Gasteiger partial charge >= 0.3 is 194 Å². The number of hydrogen-bond donors (Lipinski definition) is 1. The zero-order chi connectivity index (χ0) is 23.2. The third-order valence-corrected chi connectivity index (χ3v) is 10.6. The first-order valence-corrected chi connectivity index (χ1v) is 13.1. The Bertz CT molecular complexity index is 1130. The van der Waals surface area contributed by atoms with E-state index in [-0.39, 0.29) is 18.2 Å². The summed E-state index contributed by atoms with van der Waals surface area (Å²) in [4.78, 5) is 40.5. The van der Waals surface area contributed by atoms with Crippen molar-refractivity contribution in [3.05, 3.63) is 90.0 Å². The van der Waals surface area contributed by atoms with Crippen LogP contribution in [0, 0.1) is 13.8 Å². The van der Waals surface area contributed by atoms with Gasteiger partial charge in [0.25, 0.3) is 0 Å². The molecule has 2 aliphatic rings. The number of nitrogens with zero attached hydrogens (tertiary/aromatic N) is 3. The van der Waals surface area contributed by atoms with Gasteiger partial charge < -0.3 is 0 Å². The van der Waals surface area contributed by atoms with E-state index in [2.05, 4.69) is 0 Å². The normalized spacial score (nSPS) is 21.1. The summed E-state index contributed by atoms with van der Waals surface area (Å²) in [6.45, 7) is 5.21. The van der Waals surface area contributed by atoms with Crippen LogP contribution in [0.3, 0.4) is 0 Å². The Morgan fingerprint density at radius 3 is 1.70 bits per heavy atom. The molecule has 2 aliphatic heterocycles. The molecule has 2 fully saturated rings. The van der Waals surface area contributed by atoms with Crippen molar-refractivity contribution in [2.45, 2.75) is 25.9 Å². The second-order valence-corrected chi connectivity index (χ2v) is 12.0. The SMILES string of the molecule is Cc1ccc(N2CCN(c3ccc(C)cc3)[PH]2(O)C2CC(=O)N(c3ccccc3)C2=O)cc1. The minimum absolute atomic E-state index is 0.00116. The Hall–Kier alpha value is -3.21. The van der Waals surface area contributed by atoms with Crippen LogP contribution >= 0.6 is 7.79 Å². The van der Waals surface area contributed by atoms with Gasteiger partial charge in [-0.3, -0.25) is 0 Å². The molecule has 3 aromatic carbocycles. The Labute approximate surface area is 194 Å². The summed E-state index contributed by atoms with van der Waals surface area (Å²) in [7, 11) is -3.65. The third-order valence-electron chi connectivity index (χ3n) is 6.66. The van der Waals surface area contributed by atoms with Crippen molar-refractivity contribution in [2.75, 3.05) is 27.3 Å². The molecule has 2 heterocycles. The average Bonchev–Trinajstić information content (AvgIpc) is 3.32. The predicted molar refractivity (Wildman–Crippen MR) is 135 cm³/mol. The van der Waals surface area contributed by atoms with E-state index in [1.807, 2.05) is 89.9 Å². The summed E-state index contributed by atoms with van der Waals surface area (Å²) in [5.74, 6) is -0.590. The molecule has 170 valence electrons. The van der Waals surface area contributed by atoms with Gasteiger partial charge in [-0.05, 0) is 0 Å². The molecule has 7 heteroatoms. The Balaban J connectivity index is 1.59. The van der Waals surface area contributed by atoms with Crippen molar-refractivity contribution >= 4 is 36.7 Å². The van der Waals surface area contributed by atoms with Gasteiger partial charge in [0.2, 0.25) is 0 Å². The van der Waals surface area contributed by atoms with Gasteiger partial charge in [0, 0.05) is 0 Å². The Morgan fingerprint density at radius 2 is 1.21 bits per heavy atom. The zero-order valence-corrected chi connectivity index (χ0v) is 19.8. The number of aryl methyl sites for hydroxylation is 2. The average molecular weight is 462 g/mol. The van der Waals surface area contributed by atoms with Crippen LogP contribution in [0.4, 0.5) is 17.1 Å². The van der Waals surface area contributed by atoms with E-state index in [9.17, 15) is 14.5 Å². The molecule has 6 nitrogen and oxygen atoms in total. The summed E-state index contributed by atoms with van der Waals surface area (Å²) >= 11 is 0. The van der Waals surface area contributed by atoms with Gasteiger partial charge in [0.1, 0.15) is 0 Å². The third kappa shape index (κ3) is 3.60. The molecule has 0 saturated carbocycles. The Kier molecular flexibility index (Phi) is 5.43. The van der Waals surface area contributed by atoms with Crippen LogP contribution in [0.2, 0.25) is 0 Å². The van der Waals surface area contributed by atoms with E-state index in [0.717, 1.165) is 22.5 Å². The van der Waals surface area contributed by atoms with Crippen LogP contribution in [-0.4, -0.2) is 35.5 Å². The van der Waals surface area contributed by atoms with Gasteiger partial charge in [0.05, 0.1) is 0 Å². The van der Waals surface area contributed by atoms with Crippen molar-refractivity contribution < 1.29 is 14.5 Å². The van der Waals surface area contributed by atoms with Crippen molar-refractivity contribution in [1.82, 2.24) is 0 Å². The van der Waals surface area contributed by atoms with Gasteiger partial charge in [-0.1, -0.05) is 0 Å². The molecule has 0 bridgehead atoms. The van der Waals surface area contributed by atoms with Gasteiger partial charge in [0.15, 0.2) is 0 Å². The topological polar surface area (TPSA) is 64.1 Å². The molecule has 0 radical (unpaired) electrons. The van der Waals surface area contributed by atoms with E-state index in [1.165, 1.54) is 4.90 Å². The molecule has 0 spiro atoms. The van der Waals surface area contributed by atoms with E-state index in [0.29, 0.717) is 18.8 Å². The fraction of sp³-hybridized carbons (Fsp3) is 0.231. The molecular weight excluding hydrogens is 433 g/mol. The van der Waals surface area contributed by atoms with Crippen LogP contribution in [-0.2, 0) is 9.59 Å². The van der Waals surface area contributed by atoms with E-state index in [1.54, 1.807) is 12.1 Å². The maximum absolute atomic E-state index is 13.7. The second-order valence-electron chi connectivity index (χ2n) is 8.82. The summed E-state index contributed by atoms with van der Waals surface area (Å²) in [6.07, 6.45) is 0.00116. The first-order chi connectivity index (χ1) is 15.9. The molecule has 2 amide bonds. The van der Waals surface area contributed by atoms with Gasteiger partial charge in [-0.15, -0.1) is 0 Å². The minimum atomic E-state index is -3.65. The van der Waals surface area contributed by atoms with Crippen LogP contribution in [0.15, 0.2) is 78.9 Å². The second kappa shape index (κ2) is 8.29.